The second kappa shape index (κ2) is 6.96. The first-order valence-electron chi connectivity index (χ1n) is 9.03. The molecule has 6 heteroatoms. The van der Waals surface area contributed by atoms with E-state index < -0.39 is 17.8 Å². The van der Waals surface area contributed by atoms with Gasteiger partial charge in [0.15, 0.2) is 0 Å². The van der Waals surface area contributed by atoms with Crippen LogP contribution in [-0.2, 0) is 4.84 Å². The number of hydroxylamine groups is 2. The summed E-state index contributed by atoms with van der Waals surface area (Å²) in [7, 11) is 2.09. The van der Waals surface area contributed by atoms with Crippen molar-refractivity contribution in [1.29, 1.82) is 0 Å². The lowest BCUT2D eigenvalue weighted by Crippen LogP contribution is -2.33. The molecule has 0 bridgehead atoms. The maximum absolute atomic E-state index is 12.6. The van der Waals surface area contributed by atoms with Crippen LogP contribution in [0.15, 0.2) is 48.5 Å². The molecule has 6 nitrogen and oxygen atoms in total. The molecule has 2 amide bonds. The molecule has 138 valence electrons. The van der Waals surface area contributed by atoms with E-state index in [0.29, 0.717) is 16.5 Å². The molecule has 0 aliphatic carbocycles. The molecule has 4 rings (SSSR count). The molecule has 1 fully saturated rings. The zero-order chi connectivity index (χ0) is 19.0. The molecule has 2 aliphatic rings. The van der Waals surface area contributed by atoms with E-state index in [1.807, 2.05) is 12.1 Å². The molecule has 2 aliphatic heterocycles. The summed E-state index contributed by atoms with van der Waals surface area (Å²) in [6.45, 7) is 2.02. The minimum atomic E-state index is -0.712. The molecule has 2 aromatic carbocycles. The zero-order valence-electron chi connectivity index (χ0n) is 15.1. The Labute approximate surface area is 157 Å². The number of rotatable bonds is 3. The van der Waals surface area contributed by atoms with E-state index >= 15 is 0 Å². The number of hydrogen-bond donors (Lipinski definition) is 0. The molecule has 2 aromatic rings. The van der Waals surface area contributed by atoms with Crippen molar-refractivity contribution >= 4 is 17.8 Å². The summed E-state index contributed by atoms with van der Waals surface area (Å²) in [4.78, 5) is 44.7. The van der Waals surface area contributed by atoms with Gasteiger partial charge in [0.05, 0.1) is 16.7 Å². The van der Waals surface area contributed by atoms with Crippen LogP contribution in [0.3, 0.4) is 0 Å². The van der Waals surface area contributed by atoms with E-state index in [9.17, 15) is 14.4 Å². The van der Waals surface area contributed by atoms with Crippen molar-refractivity contribution in [3.8, 4) is 0 Å². The second-order valence-electron chi connectivity index (χ2n) is 7.06. The van der Waals surface area contributed by atoms with Gasteiger partial charge in [-0.3, -0.25) is 9.59 Å². The molecule has 0 spiro atoms. The maximum Gasteiger partial charge on any atom is 0.363 e. The smallest absolute Gasteiger partial charge is 0.324 e. The van der Waals surface area contributed by atoms with E-state index in [0.717, 1.165) is 31.5 Å². The van der Waals surface area contributed by atoms with Crippen molar-refractivity contribution in [2.45, 2.75) is 18.8 Å². The lowest BCUT2D eigenvalue weighted by molar-refractivity contribution is -0.0584. The third kappa shape index (κ3) is 3.24. The number of likely N-dealkylation sites (tertiary alicyclic amines) is 1. The molecule has 0 saturated carbocycles. The molecular weight excluding hydrogens is 344 g/mol. The topological polar surface area (TPSA) is 66.9 Å². The van der Waals surface area contributed by atoms with Gasteiger partial charge in [-0.25, -0.2) is 4.79 Å². The zero-order valence-corrected chi connectivity index (χ0v) is 15.1. The molecule has 1 atom stereocenters. The average Bonchev–Trinajstić information content (AvgIpc) is 2.93. The van der Waals surface area contributed by atoms with Crippen LogP contribution in [0.2, 0.25) is 0 Å². The predicted octanol–water partition coefficient (Wildman–Crippen LogP) is 2.86. The first kappa shape index (κ1) is 17.4. The molecule has 0 N–H and O–H groups in total. The lowest BCUT2D eigenvalue weighted by Gasteiger charge is -2.30. The van der Waals surface area contributed by atoms with Gasteiger partial charge < -0.3 is 9.74 Å². The number of benzene rings is 2. The Balaban J connectivity index is 1.52. The van der Waals surface area contributed by atoms with Crippen molar-refractivity contribution in [3.63, 3.8) is 0 Å². The van der Waals surface area contributed by atoms with Gasteiger partial charge in [-0.05, 0) is 62.2 Å². The van der Waals surface area contributed by atoms with E-state index in [4.69, 9.17) is 4.84 Å². The Morgan fingerprint density at radius 2 is 1.74 bits per heavy atom. The van der Waals surface area contributed by atoms with Gasteiger partial charge in [-0.1, -0.05) is 29.3 Å². The second-order valence-corrected chi connectivity index (χ2v) is 7.06. The van der Waals surface area contributed by atoms with E-state index in [1.165, 1.54) is 0 Å². The van der Waals surface area contributed by atoms with E-state index in [2.05, 4.69) is 11.9 Å². The standard InChI is InChI=1S/C21H20N2O4/c1-22-11-5-8-16(13-22)14-6-4-7-15(12-14)21(26)27-23-19(24)17-9-2-3-10-18(17)20(23)25/h2-4,6-7,9-10,12,16H,5,8,11,13H2,1H3. The normalized spacial score (nSPS) is 19.9. The number of amides is 2. The minimum Gasteiger partial charge on any atom is -0.324 e. The Hall–Kier alpha value is -2.99. The Kier molecular flexibility index (Phi) is 4.49. The Bertz CT molecular complexity index is 889. The van der Waals surface area contributed by atoms with Crippen LogP contribution in [0.1, 0.15) is 55.4 Å². The lowest BCUT2D eigenvalue weighted by atomic mass is 9.90. The quantitative estimate of drug-likeness (QED) is 0.784. The van der Waals surface area contributed by atoms with Gasteiger partial charge >= 0.3 is 5.97 Å². The minimum absolute atomic E-state index is 0.245. The number of hydrogen-bond acceptors (Lipinski definition) is 5. The maximum atomic E-state index is 12.6. The Morgan fingerprint density at radius 3 is 2.41 bits per heavy atom. The number of nitrogens with zero attached hydrogens (tertiary/aromatic N) is 2. The molecule has 1 unspecified atom stereocenters. The summed E-state index contributed by atoms with van der Waals surface area (Å²) >= 11 is 0. The predicted molar refractivity (Wildman–Crippen MR) is 98.3 cm³/mol. The van der Waals surface area contributed by atoms with Crippen molar-refractivity contribution in [2.24, 2.45) is 0 Å². The van der Waals surface area contributed by atoms with Gasteiger partial charge in [0.2, 0.25) is 0 Å². The van der Waals surface area contributed by atoms with Crippen molar-refractivity contribution in [3.05, 3.63) is 70.8 Å². The molecule has 0 radical (unpaired) electrons. The van der Waals surface area contributed by atoms with Crippen LogP contribution in [0.4, 0.5) is 0 Å². The van der Waals surface area contributed by atoms with Crippen LogP contribution in [-0.4, -0.2) is 47.9 Å². The van der Waals surface area contributed by atoms with Gasteiger partial charge in [0, 0.05) is 6.54 Å². The summed E-state index contributed by atoms with van der Waals surface area (Å²) < 4.78 is 0. The van der Waals surface area contributed by atoms with Gasteiger partial charge in [-0.2, -0.15) is 0 Å². The van der Waals surface area contributed by atoms with Crippen LogP contribution in [0, 0.1) is 0 Å². The van der Waals surface area contributed by atoms with Crippen LogP contribution < -0.4 is 0 Å². The third-order valence-corrected chi connectivity index (χ3v) is 5.15. The number of carbonyl (C=O) groups excluding carboxylic acids is 3. The molecule has 27 heavy (non-hydrogen) atoms. The fraction of sp³-hybridized carbons (Fsp3) is 0.286. The number of piperidine rings is 1. The van der Waals surface area contributed by atoms with Gasteiger partial charge in [-0.15, -0.1) is 0 Å². The molecular formula is C21H20N2O4. The number of imide groups is 1. The highest BCUT2D eigenvalue weighted by molar-refractivity contribution is 6.21. The number of carbonyl (C=O) groups is 3. The van der Waals surface area contributed by atoms with Crippen molar-refractivity contribution in [2.75, 3.05) is 20.1 Å². The monoisotopic (exact) mass is 364 g/mol. The SMILES string of the molecule is CN1CCCC(c2cccc(C(=O)ON3C(=O)c4ccccc4C3=O)c2)C1. The summed E-state index contributed by atoms with van der Waals surface area (Å²) in [5.41, 5.74) is 1.89. The first-order chi connectivity index (χ1) is 13.0. The molecule has 2 heterocycles. The first-order valence-corrected chi connectivity index (χ1v) is 9.03. The van der Waals surface area contributed by atoms with Gasteiger partial charge in [0.25, 0.3) is 11.8 Å². The van der Waals surface area contributed by atoms with Gasteiger partial charge in [0.1, 0.15) is 0 Å². The Morgan fingerprint density at radius 1 is 1.04 bits per heavy atom. The van der Waals surface area contributed by atoms with Crippen LogP contribution >= 0.6 is 0 Å². The highest BCUT2D eigenvalue weighted by Gasteiger charge is 2.38. The largest absolute Gasteiger partial charge is 0.363 e. The fourth-order valence-electron chi connectivity index (χ4n) is 3.74. The van der Waals surface area contributed by atoms with Crippen LogP contribution in [0.5, 0.6) is 0 Å². The van der Waals surface area contributed by atoms with Crippen LogP contribution in [0.25, 0.3) is 0 Å². The van der Waals surface area contributed by atoms with Crippen molar-refractivity contribution in [1.82, 2.24) is 9.96 Å². The van der Waals surface area contributed by atoms with E-state index in [1.54, 1.807) is 36.4 Å². The fourth-order valence-corrected chi connectivity index (χ4v) is 3.74. The highest BCUT2D eigenvalue weighted by Crippen LogP contribution is 2.28. The van der Waals surface area contributed by atoms with Crippen molar-refractivity contribution < 1.29 is 19.2 Å². The highest BCUT2D eigenvalue weighted by atomic mass is 16.7. The average molecular weight is 364 g/mol. The number of fused-ring (bicyclic) bond motifs is 1. The van der Waals surface area contributed by atoms with E-state index in [-0.39, 0.29) is 11.1 Å². The molecule has 0 aromatic heterocycles. The number of likely N-dealkylation sites (N-methyl/N-ethyl adjacent to an activating group) is 1. The summed E-state index contributed by atoms with van der Waals surface area (Å²) in [5, 5.41) is 0.550. The molecule has 1 saturated heterocycles. The summed E-state index contributed by atoms with van der Waals surface area (Å²) in [6.07, 6.45) is 2.19. The summed E-state index contributed by atoms with van der Waals surface area (Å²) in [6, 6.07) is 13.7. The third-order valence-electron chi connectivity index (χ3n) is 5.15. The summed E-state index contributed by atoms with van der Waals surface area (Å²) in [5.74, 6) is -1.59.